The molecule has 0 radical (unpaired) electrons. The maximum absolute atomic E-state index is 14.2. The van der Waals surface area contributed by atoms with Crippen LogP contribution in [-0.2, 0) is 5.54 Å². The van der Waals surface area contributed by atoms with E-state index in [1.54, 1.807) is 20.1 Å². The summed E-state index contributed by atoms with van der Waals surface area (Å²) in [6, 6.07) is 3.61. The maximum atomic E-state index is 14.2. The SMILES string of the molecule is COc1ccc(C)c(F)c1C1(C)CCCN1. The predicted molar refractivity (Wildman–Crippen MR) is 62.3 cm³/mol. The van der Waals surface area contributed by atoms with Gasteiger partial charge in [-0.3, -0.25) is 0 Å². The molecule has 88 valence electrons. The number of halogens is 1. The summed E-state index contributed by atoms with van der Waals surface area (Å²) in [7, 11) is 1.59. The molecule has 0 amide bonds. The molecule has 0 aliphatic carbocycles. The van der Waals surface area contributed by atoms with Gasteiger partial charge in [0.05, 0.1) is 7.11 Å². The van der Waals surface area contributed by atoms with Crippen LogP contribution in [-0.4, -0.2) is 13.7 Å². The fourth-order valence-corrected chi connectivity index (χ4v) is 2.45. The molecule has 1 saturated heterocycles. The largest absolute Gasteiger partial charge is 0.496 e. The number of rotatable bonds is 2. The summed E-state index contributed by atoms with van der Waals surface area (Å²) in [5.41, 5.74) is 1.06. The van der Waals surface area contributed by atoms with Crippen LogP contribution < -0.4 is 10.1 Å². The fourth-order valence-electron chi connectivity index (χ4n) is 2.45. The van der Waals surface area contributed by atoms with Crippen LogP contribution in [0.4, 0.5) is 4.39 Å². The molecule has 1 fully saturated rings. The topological polar surface area (TPSA) is 21.3 Å². The molecule has 2 rings (SSSR count). The van der Waals surface area contributed by atoms with E-state index in [0.29, 0.717) is 16.9 Å². The molecule has 1 aliphatic rings. The summed E-state index contributed by atoms with van der Waals surface area (Å²) in [6.07, 6.45) is 2.02. The molecule has 16 heavy (non-hydrogen) atoms. The van der Waals surface area contributed by atoms with Crippen LogP contribution in [0.3, 0.4) is 0 Å². The minimum atomic E-state index is -0.290. The van der Waals surface area contributed by atoms with Gasteiger partial charge in [-0.15, -0.1) is 0 Å². The van der Waals surface area contributed by atoms with Gasteiger partial charge in [-0.1, -0.05) is 6.07 Å². The lowest BCUT2D eigenvalue weighted by Gasteiger charge is -2.28. The Morgan fingerprint density at radius 3 is 2.75 bits per heavy atom. The maximum Gasteiger partial charge on any atom is 0.134 e. The van der Waals surface area contributed by atoms with Gasteiger partial charge in [0, 0.05) is 11.1 Å². The minimum Gasteiger partial charge on any atom is -0.496 e. The van der Waals surface area contributed by atoms with Crippen molar-refractivity contribution in [2.75, 3.05) is 13.7 Å². The number of methoxy groups -OCH3 is 1. The van der Waals surface area contributed by atoms with Crippen molar-refractivity contribution < 1.29 is 9.13 Å². The lowest BCUT2D eigenvalue weighted by atomic mass is 9.88. The van der Waals surface area contributed by atoms with Gasteiger partial charge in [0.1, 0.15) is 11.6 Å². The molecule has 1 aliphatic heterocycles. The zero-order chi connectivity index (χ0) is 11.8. The predicted octanol–water partition coefficient (Wildman–Crippen LogP) is 2.74. The van der Waals surface area contributed by atoms with Gasteiger partial charge in [0.2, 0.25) is 0 Å². The zero-order valence-corrected chi connectivity index (χ0v) is 10.1. The van der Waals surface area contributed by atoms with Gasteiger partial charge < -0.3 is 10.1 Å². The quantitative estimate of drug-likeness (QED) is 0.832. The van der Waals surface area contributed by atoms with E-state index in [1.165, 1.54) is 0 Å². The lowest BCUT2D eigenvalue weighted by Crippen LogP contribution is -2.34. The molecule has 1 heterocycles. The number of nitrogens with one attached hydrogen (secondary N) is 1. The van der Waals surface area contributed by atoms with Gasteiger partial charge in [-0.2, -0.15) is 0 Å². The van der Waals surface area contributed by atoms with E-state index in [4.69, 9.17) is 4.74 Å². The number of ether oxygens (including phenoxy) is 1. The van der Waals surface area contributed by atoms with Gasteiger partial charge >= 0.3 is 0 Å². The van der Waals surface area contributed by atoms with Gasteiger partial charge in [0.15, 0.2) is 0 Å². The second-order valence-electron chi connectivity index (χ2n) is 4.64. The molecule has 0 saturated carbocycles. The normalized spacial score (nSPS) is 24.8. The van der Waals surface area contributed by atoms with Gasteiger partial charge in [0.25, 0.3) is 0 Å². The Hall–Kier alpha value is -1.09. The Kier molecular flexibility index (Phi) is 2.89. The highest BCUT2D eigenvalue weighted by molar-refractivity contribution is 5.43. The van der Waals surface area contributed by atoms with Crippen molar-refractivity contribution in [2.45, 2.75) is 32.2 Å². The highest BCUT2D eigenvalue weighted by atomic mass is 19.1. The number of benzene rings is 1. The van der Waals surface area contributed by atoms with Crippen molar-refractivity contribution >= 4 is 0 Å². The van der Waals surface area contributed by atoms with E-state index in [-0.39, 0.29) is 11.4 Å². The molecule has 1 atom stereocenters. The summed E-state index contributed by atoms with van der Waals surface area (Å²) < 4.78 is 19.5. The van der Waals surface area contributed by atoms with Crippen molar-refractivity contribution in [1.29, 1.82) is 0 Å². The van der Waals surface area contributed by atoms with Crippen LogP contribution in [0.5, 0.6) is 5.75 Å². The second kappa shape index (κ2) is 4.06. The van der Waals surface area contributed by atoms with Crippen molar-refractivity contribution in [2.24, 2.45) is 0 Å². The summed E-state index contributed by atoms with van der Waals surface area (Å²) in [5, 5.41) is 3.37. The Morgan fingerprint density at radius 1 is 1.44 bits per heavy atom. The van der Waals surface area contributed by atoms with E-state index in [1.807, 2.05) is 13.0 Å². The van der Waals surface area contributed by atoms with E-state index in [2.05, 4.69) is 5.32 Å². The third kappa shape index (κ3) is 1.69. The average molecular weight is 223 g/mol. The Labute approximate surface area is 95.8 Å². The molecule has 1 aromatic rings. The van der Waals surface area contributed by atoms with Crippen LogP contribution in [0.1, 0.15) is 30.9 Å². The first-order valence-electron chi connectivity index (χ1n) is 5.67. The standard InChI is InChI=1S/C13H18FNO/c1-9-5-6-10(16-3)11(12(9)14)13(2)7-4-8-15-13/h5-6,15H,4,7-8H2,1-3H3. The molecule has 1 N–H and O–H groups in total. The number of hydrogen-bond donors (Lipinski definition) is 1. The first-order chi connectivity index (χ1) is 7.58. The van der Waals surface area contributed by atoms with Crippen LogP contribution in [0, 0.1) is 12.7 Å². The fraction of sp³-hybridized carbons (Fsp3) is 0.538. The Bertz CT molecular complexity index is 397. The second-order valence-corrected chi connectivity index (χ2v) is 4.64. The third-order valence-corrected chi connectivity index (χ3v) is 3.44. The molecule has 2 nitrogen and oxygen atoms in total. The monoisotopic (exact) mass is 223 g/mol. The molecule has 1 aromatic carbocycles. The van der Waals surface area contributed by atoms with Crippen molar-refractivity contribution in [1.82, 2.24) is 5.32 Å². The summed E-state index contributed by atoms with van der Waals surface area (Å²) in [5.74, 6) is 0.497. The highest BCUT2D eigenvalue weighted by Crippen LogP contribution is 2.38. The number of aryl methyl sites for hydroxylation is 1. The van der Waals surface area contributed by atoms with E-state index in [9.17, 15) is 4.39 Å². The van der Waals surface area contributed by atoms with Crippen LogP contribution in [0.25, 0.3) is 0 Å². The molecule has 0 spiro atoms. The van der Waals surface area contributed by atoms with Gasteiger partial charge in [-0.05, 0) is 44.9 Å². The molecule has 1 unspecified atom stereocenters. The average Bonchev–Trinajstić information content (AvgIpc) is 2.69. The van der Waals surface area contributed by atoms with Crippen molar-refractivity contribution in [3.63, 3.8) is 0 Å². The zero-order valence-electron chi connectivity index (χ0n) is 10.1. The first kappa shape index (κ1) is 11.4. The summed E-state index contributed by atoms with van der Waals surface area (Å²) in [4.78, 5) is 0. The van der Waals surface area contributed by atoms with E-state index in [0.717, 1.165) is 19.4 Å². The summed E-state index contributed by atoms with van der Waals surface area (Å²) in [6.45, 7) is 4.77. The number of hydrogen-bond acceptors (Lipinski definition) is 2. The third-order valence-electron chi connectivity index (χ3n) is 3.44. The first-order valence-corrected chi connectivity index (χ1v) is 5.67. The molecule has 0 aromatic heterocycles. The van der Waals surface area contributed by atoms with E-state index < -0.39 is 0 Å². The minimum absolute atomic E-state index is 0.142. The van der Waals surface area contributed by atoms with Gasteiger partial charge in [-0.25, -0.2) is 4.39 Å². The molecular weight excluding hydrogens is 205 g/mol. The molecule has 3 heteroatoms. The van der Waals surface area contributed by atoms with Crippen LogP contribution in [0.15, 0.2) is 12.1 Å². The Balaban J connectivity index is 2.56. The van der Waals surface area contributed by atoms with E-state index >= 15 is 0 Å². The van der Waals surface area contributed by atoms with Crippen molar-refractivity contribution in [3.8, 4) is 5.75 Å². The van der Waals surface area contributed by atoms with Crippen LogP contribution >= 0.6 is 0 Å². The smallest absolute Gasteiger partial charge is 0.134 e. The van der Waals surface area contributed by atoms with Crippen molar-refractivity contribution in [3.05, 3.63) is 29.1 Å². The summed E-state index contributed by atoms with van der Waals surface area (Å²) >= 11 is 0. The van der Waals surface area contributed by atoms with Crippen LogP contribution in [0.2, 0.25) is 0 Å². The Morgan fingerprint density at radius 2 is 2.19 bits per heavy atom. The molecular formula is C13H18FNO. The lowest BCUT2D eigenvalue weighted by molar-refractivity contribution is 0.355. The highest BCUT2D eigenvalue weighted by Gasteiger charge is 2.35. The molecule has 0 bridgehead atoms.